The van der Waals surface area contributed by atoms with Gasteiger partial charge in [0.1, 0.15) is 0 Å². The quantitative estimate of drug-likeness (QED) is 0.220. The van der Waals surface area contributed by atoms with Gasteiger partial charge >= 0.3 is 253 Å². The number of hydrogen-bond acceptors (Lipinski definition) is 12. The van der Waals surface area contributed by atoms with E-state index < -0.39 is 73.3 Å². The molecule has 2 aromatic rings. The van der Waals surface area contributed by atoms with Crippen molar-refractivity contribution in [2.75, 3.05) is 0 Å². The van der Waals surface area contributed by atoms with Crippen molar-refractivity contribution in [2.24, 2.45) is 0 Å². The fourth-order valence-corrected chi connectivity index (χ4v) is 36.8. The molecule has 24 heteroatoms. The van der Waals surface area contributed by atoms with Gasteiger partial charge in [-0.3, -0.25) is 0 Å². The molecule has 0 fully saturated rings. The van der Waals surface area contributed by atoms with Crippen molar-refractivity contribution < 1.29 is 53.9 Å². The summed E-state index contributed by atoms with van der Waals surface area (Å²) >= 11 is -9.85. The molecule has 0 aliphatic carbocycles. The van der Waals surface area contributed by atoms with Crippen LogP contribution >= 0.6 is 0 Å². The molecule has 0 atom stereocenters. The molecule has 4 rings (SSSR count). The van der Waals surface area contributed by atoms with Crippen LogP contribution in [0.2, 0.25) is 0 Å². The number of benzene rings is 2. The van der Waals surface area contributed by atoms with Gasteiger partial charge in [0, 0.05) is 0 Å². The summed E-state index contributed by atoms with van der Waals surface area (Å²) in [5.74, 6) is 0.368. The van der Waals surface area contributed by atoms with Crippen LogP contribution < -0.4 is 5.37 Å². The first-order chi connectivity index (χ1) is 15.9. The van der Waals surface area contributed by atoms with Crippen LogP contribution in [0.4, 0.5) is 22.7 Å². The Kier molecular flexibility index (Phi) is 14.8. The Morgan fingerprint density at radius 1 is 0.806 bits per heavy atom. The predicted molar refractivity (Wildman–Crippen MR) is 113 cm³/mol. The molecule has 2 aliphatic rings. The van der Waals surface area contributed by atoms with E-state index in [4.69, 9.17) is 15.0 Å². The Hall–Kier alpha value is 0.0504. The Morgan fingerprint density at radius 2 is 1.31 bits per heavy atom. The molecule has 0 aromatic heterocycles. The second-order valence-corrected chi connectivity index (χ2v) is 30.2. The van der Waals surface area contributed by atoms with Crippen LogP contribution in [0.25, 0.3) is 0 Å². The summed E-state index contributed by atoms with van der Waals surface area (Å²) in [5.41, 5.74) is 0.108. The zero-order chi connectivity index (χ0) is 23.5. The van der Waals surface area contributed by atoms with Gasteiger partial charge in [-0.05, 0) is 0 Å². The number of fused-ring (bicyclic) bond motifs is 2. The molecular formula is C12H12N4O15Pb5+4. The van der Waals surface area contributed by atoms with Crippen LogP contribution in [0.1, 0.15) is 0 Å². The van der Waals surface area contributed by atoms with Crippen molar-refractivity contribution in [1.82, 2.24) is 0 Å². The molecule has 0 spiro atoms. The fourth-order valence-electron chi connectivity index (χ4n) is 2.41. The van der Waals surface area contributed by atoms with Crippen LogP contribution in [-0.2, 0) is 12.4 Å². The van der Waals surface area contributed by atoms with E-state index in [2.05, 4.69) is 2.79 Å². The second kappa shape index (κ2) is 15.6. The van der Waals surface area contributed by atoms with Crippen LogP contribution in [-0.4, -0.2) is 162 Å². The van der Waals surface area contributed by atoms with Crippen molar-refractivity contribution >= 4 is 148 Å². The summed E-state index contributed by atoms with van der Waals surface area (Å²) in [4.78, 5) is 49.1. The van der Waals surface area contributed by atoms with Gasteiger partial charge in [-0.1, -0.05) is 0 Å². The van der Waals surface area contributed by atoms with Gasteiger partial charge in [0.15, 0.2) is 0 Å². The normalized spacial score (nSPS) is 14.6. The summed E-state index contributed by atoms with van der Waals surface area (Å²) in [6, 6.07) is 8.23. The van der Waals surface area contributed by atoms with Gasteiger partial charge in [-0.15, -0.1) is 0 Å². The maximum atomic E-state index is 12.6. The van der Waals surface area contributed by atoms with Crippen molar-refractivity contribution in [3.63, 3.8) is 0 Å². The van der Waals surface area contributed by atoms with E-state index in [1.165, 1.54) is 36.4 Å². The molecule has 0 saturated heterocycles. The summed E-state index contributed by atoms with van der Waals surface area (Å²) < 4.78 is 42.6. The van der Waals surface area contributed by atoms with E-state index >= 15 is 0 Å². The molecule has 6 N–H and O–H groups in total. The molecule has 0 amide bonds. The number of hydrogen-bond donors (Lipinski definition) is 0. The van der Waals surface area contributed by atoms with Crippen molar-refractivity contribution in [3.8, 4) is 11.5 Å². The van der Waals surface area contributed by atoms with Crippen LogP contribution in [0.3, 0.4) is 0 Å². The summed E-state index contributed by atoms with van der Waals surface area (Å²) in [5, 5.41) is 0. The van der Waals surface area contributed by atoms with Gasteiger partial charge in [0.25, 0.3) is 0 Å². The number of nitrogens with zero attached hydrogens (tertiary/aromatic N) is 4. The summed E-state index contributed by atoms with van der Waals surface area (Å²) in [7, 11) is 0. The van der Waals surface area contributed by atoms with E-state index in [9.17, 15) is 19.6 Å². The minimum atomic E-state index is -4.00. The second-order valence-electron chi connectivity index (χ2n) is 5.69. The SMILES string of the molecule is O.O.O.O=[N+]([O][Pb])c1ccc2c(c1)[N+](=O)[O][Pb]([O][Pb]1[O]c3ccc([N+](=O)[O][Pb])cc3[N+](=O)[O]1)[O][Pb][O]2. The zero-order valence-electron chi connectivity index (χ0n) is 17.2. The monoisotopic (exact) mass is 1490 g/mol. The molecule has 186 valence electrons. The first kappa shape index (κ1) is 34.1. The molecule has 2 aliphatic heterocycles. The molecular weight excluding hydrogens is 1480 g/mol. The Bertz CT molecular complexity index is 1160. The molecule has 0 saturated carbocycles. The average molecular weight is 1490 g/mol. The molecule has 0 unspecified atom stereocenters. The fraction of sp³-hybridized carbons (Fsp3) is 0. The van der Waals surface area contributed by atoms with E-state index in [0.29, 0.717) is 0 Å². The van der Waals surface area contributed by atoms with E-state index in [-0.39, 0.29) is 123 Å². The third kappa shape index (κ3) is 8.03. The van der Waals surface area contributed by atoms with Gasteiger partial charge in [-0.25, -0.2) is 0 Å². The predicted octanol–water partition coefficient (Wildman–Crippen LogP) is -2.23. The van der Waals surface area contributed by atoms with Crippen LogP contribution in [0, 0.1) is 19.6 Å². The Balaban J connectivity index is 0.00000216. The molecule has 10 radical (unpaired) electrons. The first-order valence-electron chi connectivity index (χ1n) is 8.28. The minimum absolute atomic E-state index is 0. The molecule has 19 nitrogen and oxygen atoms in total. The Morgan fingerprint density at radius 3 is 1.86 bits per heavy atom. The zero-order valence-corrected chi connectivity index (χ0v) is 36.6. The molecule has 2 aromatic carbocycles. The van der Waals surface area contributed by atoms with Crippen LogP contribution in [0.5, 0.6) is 11.5 Å². The summed E-state index contributed by atoms with van der Waals surface area (Å²) in [6.07, 6.45) is 0. The standard InChI is InChI=1S/2C6H4N2O5.3H2O.2O.5Pb/c2*9-6-2-1-4(7(10)11)3-5(6)8(12)13;;;;;;;;;;/h2*1-3,9H;3*1H2;;;;;;;/q;;;;;;;4*+1;+2/p-2. The van der Waals surface area contributed by atoms with Crippen molar-refractivity contribution in [1.29, 1.82) is 0 Å². The van der Waals surface area contributed by atoms with E-state index in [1.54, 1.807) is 0 Å². The van der Waals surface area contributed by atoms with Gasteiger partial charge < -0.3 is 16.4 Å². The summed E-state index contributed by atoms with van der Waals surface area (Å²) in [6.45, 7) is 0. The third-order valence-electron chi connectivity index (χ3n) is 3.82. The van der Waals surface area contributed by atoms with Crippen molar-refractivity contribution in [3.05, 3.63) is 56.0 Å². The topological polar surface area (TPSA) is 249 Å². The van der Waals surface area contributed by atoms with Gasteiger partial charge in [0.05, 0.1) is 0 Å². The van der Waals surface area contributed by atoms with E-state index in [1.807, 2.05) is 0 Å². The molecule has 2 heterocycles. The molecule has 0 bridgehead atoms. The van der Waals surface area contributed by atoms with Crippen molar-refractivity contribution in [2.45, 2.75) is 0 Å². The van der Waals surface area contributed by atoms with Crippen LogP contribution in [0.15, 0.2) is 36.4 Å². The van der Waals surface area contributed by atoms with E-state index in [0.717, 1.165) is 0 Å². The average Bonchev–Trinajstić information content (AvgIpc) is 2.81. The first-order valence-corrected chi connectivity index (χ1v) is 24.2. The maximum absolute atomic E-state index is 12.6. The third-order valence-corrected chi connectivity index (χ3v) is 32.4. The number of rotatable bonds is 6. The van der Waals surface area contributed by atoms with Gasteiger partial charge in [0.2, 0.25) is 0 Å². The Labute approximate surface area is 266 Å². The molecule has 36 heavy (non-hydrogen) atoms. The van der Waals surface area contributed by atoms with Gasteiger partial charge in [-0.2, -0.15) is 0 Å².